The Kier molecular flexibility index (Phi) is 3.94. The molecule has 1 aliphatic heterocycles. The number of hydrogen-bond donors (Lipinski definition) is 0. The lowest BCUT2D eigenvalue weighted by Crippen LogP contribution is -2.37. The van der Waals surface area contributed by atoms with Crippen molar-refractivity contribution < 1.29 is 18.3 Å². The molecule has 0 unspecified atom stereocenters. The number of hydrogen-bond acceptors (Lipinski definition) is 2. The van der Waals surface area contributed by atoms with Crippen molar-refractivity contribution in [2.45, 2.75) is 19.2 Å². The molecule has 22 heavy (non-hydrogen) atoms. The number of carbonyl (C=O) groups excluding carboxylic acids is 1. The normalized spacial score (nSPS) is 18.0. The summed E-state index contributed by atoms with van der Waals surface area (Å²) in [5.74, 6) is -1.93. The third-order valence-electron chi connectivity index (χ3n) is 3.83. The van der Waals surface area contributed by atoms with E-state index in [9.17, 15) is 13.6 Å². The quantitative estimate of drug-likeness (QED) is 0.854. The van der Waals surface area contributed by atoms with Crippen molar-refractivity contribution in [2.24, 2.45) is 0 Å². The molecule has 0 fully saturated rings. The van der Waals surface area contributed by atoms with Crippen LogP contribution in [0.2, 0.25) is 0 Å². The summed E-state index contributed by atoms with van der Waals surface area (Å²) in [4.78, 5) is 14.1. The Hall–Kier alpha value is -2.21. The van der Waals surface area contributed by atoms with Crippen molar-refractivity contribution in [2.75, 3.05) is 13.7 Å². The molecule has 1 aliphatic rings. The largest absolute Gasteiger partial charge is 0.378 e. The molecule has 1 amide bonds. The first-order valence-corrected chi connectivity index (χ1v) is 6.99. The Morgan fingerprint density at radius 1 is 1.23 bits per heavy atom. The third kappa shape index (κ3) is 2.87. The number of aromatic nitrogens is 1. The Morgan fingerprint density at radius 3 is 2.64 bits per heavy atom. The standard InChI is InChI=1S/C16H16F2N2O2/c1-22-15-9-19-4-2-3-14(19)8-20(10-15)16(21)11-5-12(17)7-13(18)6-11/h2-7,15H,8-10H2,1H3/t15-/m1/s1. The van der Waals surface area contributed by atoms with E-state index in [0.717, 1.165) is 23.9 Å². The molecule has 3 rings (SSSR count). The van der Waals surface area contributed by atoms with Crippen LogP contribution in [0.3, 0.4) is 0 Å². The van der Waals surface area contributed by atoms with Gasteiger partial charge in [0.1, 0.15) is 11.6 Å². The zero-order chi connectivity index (χ0) is 15.7. The average molecular weight is 306 g/mol. The second-order valence-corrected chi connectivity index (χ2v) is 5.35. The predicted molar refractivity (Wildman–Crippen MR) is 76.3 cm³/mol. The number of benzene rings is 1. The summed E-state index contributed by atoms with van der Waals surface area (Å²) in [6, 6.07) is 6.68. The molecule has 4 nitrogen and oxygen atoms in total. The highest BCUT2D eigenvalue weighted by Crippen LogP contribution is 2.18. The van der Waals surface area contributed by atoms with Gasteiger partial charge in [-0.05, 0) is 24.3 Å². The van der Waals surface area contributed by atoms with Crippen molar-refractivity contribution in [1.29, 1.82) is 0 Å². The zero-order valence-corrected chi connectivity index (χ0v) is 12.1. The zero-order valence-electron chi connectivity index (χ0n) is 12.1. The molecule has 2 aromatic rings. The second kappa shape index (κ2) is 5.88. The summed E-state index contributed by atoms with van der Waals surface area (Å²) in [5.41, 5.74) is 0.970. The van der Waals surface area contributed by atoms with Crippen molar-refractivity contribution in [3.63, 3.8) is 0 Å². The average Bonchev–Trinajstić information content (AvgIpc) is 2.83. The van der Waals surface area contributed by atoms with E-state index in [2.05, 4.69) is 0 Å². The van der Waals surface area contributed by atoms with Gasteiger partial charge in [-0.1, -0.05) is 0 Å². The van der Waals surface area contributed by atoms with Crippen molar-refractivity contribution >= 4 is 5.91 Å². The van der Waals surface area contributed by atoms with E-state index in [4.69, 9.17) is 4.74 Å². The van der Waals surface area contributed by atoms with Crippen molar-refractivity contribution in [3.8, 4) is 0 Å². The summed E-state index contributed by atoms with van der Waals surface area (Å²) < 4.78 is 34.1. The molecule has 1 aromatic heterocycles. The molecule has 0 N–H and O–H groups in total. The van der Waals surface area contributed by atoms with Gasteiger partial charge >= 0.3 is 0 Å². The molecule has 1 aromatic carbocycles. The van der Waals surface area contributed by atoms with Gasteiger partial charge in [0.05, 0.1) is 19.2 Å². The van der Waals surface area contributed by atoms with Crippen LogP contribution in [0.5, 0.6) is 0 Å². The van der Waals surface area contributed by atoms with Crippen LogP contribution in [0.1, 0.15) is 16.1 Å². The predicted octanol–water partition coefficient (Wildman–Crippen LogP) is 2.44. The number of amides is 1. The lowest BCUT2D eigenvalue weighted by atomic mass is 10.1. The fourth-order valence-corrected chi connectivity index (χ4v) is 2.72. The Morgan fingerprint density at radius 2 is 1.95 bits per heavy atom. The lowest BCUT2D eigenvalue weighted by molar-refractivity contribution is 0.0458. The molecular weight excluding hydrogens is 290 g/mol. The summed E-state index contributed by atoms with van der Waals surface area (Å²) >= 11 is 0. The minimum Gasteiger partial charge on any atom is -0.378 e. The molecule has 0 aliphatic carbocycles. The van der Waals surface area contributed by atoms with Gasteiger partial charge in [-0.2, -0.15) is 0 Å². The molecule has 6 heteroatoms. The topological polar surface area (TPSA) is 34.5 Å². The number of ether oxygens (including phenoxy) is 1. The van der Waals surface area contributed by atoms with E-state index >= 15 is 0 Å². The van der Waals surface area contributed by atoms with Crippen LogP contribution >= 0.6 is 0 Å². The second-order valence-electron chi connectivity index (χ2n) is 5.35. The fourth-order valence-electron chi connectivity index (χ4n) is 2.72. The Bertz CT molecular complexity index is 679. The van der Waals surface area contributed by atoms with Crippen molar-refractivity contribution in [1.82, 2.24) is 9.47 Å². The highest BCUT2D eigenvalue weighted by molar-refractivity contribution is 5.94. The number of nitrogens with zero attached hydrogens (tertiary/aromatic N) is 2. The van der Waals surface area contributed by atoms with Crippen LogP contribution in [-0.4, -0.2) is 35.1 Å². The van der Waals surface area contributed by atoms with Crippen LogP contribution in [-0.2, 0) is 17.8 Å². The number of carbonyl (C=O) groups is 1. The SMILES string of the molecule is CO[C@H]1CN(C(=O)c2cc(F)cc(F)c2)Cc2cccn2C1. The van der Waals surface area contributed by atoms with Crippen LogP contribution in [0.25, 0.3) is 0 Å². The van der Waals surface area contributed by atoms with Gasteiger partial charge in [0, 0.05) is 37.2 Å². The van der Waals surface area contributed by atoms with Crippen LogP contribution in [0.15, 0.2) is 36.5 Å². The number of rotatable bonds is 2. The van der Waals surface area contributed by atoms with Gasteiger partial charge in [0.15, 0.2) is 0 Å². The van der Waals surface area contributed by atoms with E-state index in [-0.39, 0.29) is 11.7 Å². The summed E-state index contributed by atoms with van der Waals surface area (Å²) in [7, 11) is 1.59. The first-order chi connectivity index (χ1) is 10.6. The molecular formula is C16H16F2N2O2. The number of halogens is 2. The maximum absolute atomic E-state index is 13.3. The van der Waals surface area contributed by atoms with Crippen LogP contribution in [0, 0.1) is 11.6 Å². The van der Waals surface area contributed by atoms with Crippen LogP contribution in [0.4, 0.5) is 8.78 Å². The van der Waals surface area contributed by atoms with E-state index in [1.807, 2.05) is 22.9 Å². The molecule has 0 spiro atoms. The van der Waals surface area contributed by atoms with E-state index in [0.29, 0.717) is 19.6 Å². The van der Waals surface area contributed by atoms with Gasteiger partial charge in [-0.3, -0.25) is 4.79 Å². The fraction of sp³-hybridized carbons (Fsp3) is 0.312. The van der Waals surface area contributed by atoms with Gasteiger partial charge in [0.25, 0.3) is 5.91 Å². The smallest absolute Gasteiger partial charge is 0.254 e. The number of fused-ring (bicyclic) bond motifs is 1. The maximum atomic E-state index is 13.3. The van der Waals surface area contributed by atoms with Gasteiger partial charge in [0.2, 0.25) is 0 Å². The highest BCUT2D eigenvalue weighted by Gasteiger charge is 2.26. The minimum atomic E-state index is -0.759. The van der Waals surface area contributed by atoms with Gasteiger partial charge in [-0.15, -0.1) is 0 Å². The maximum Gasteiger partial charge on any atom is 0.254 e. The summed E-state index contributed by atoms with van der Waals surface area (Å²) in [5, 5.41) is 0. The molecule has 0 saturated carbocycles. The van der Waals surface area contributed by atoms with Gasteiger partial charge in [-0.25, -0.2) is 8.78 Å². The molecule has 0 bridgehead atoms. The summed E-state index contributed by atoms with van der Waals surface area (Å²) in [6.45, 7) is 1.39. The molecule has 0 saturated heterocycles. The monoisotopic (exact) mass is 306 g/mol. The molecule has 2 heterocycles. The lowest BCUT2D eigenvalue weighted by Gasteiger charge is -2.23. The van der Waals surface area contributed by atoms with Gasteiger partial charge < -0.3 is 14.2 Å². The Labute approximate surface area is 126 Å². The summed E-state index contributed by atoms with van der Waals surface area (Å²) in [6.07, 6.45) is 1.76. The molecule has 1 atom stereocenters. The first kappa shape index (κ1) is 14.7. The molecule has 0 radical (unpaired) electrons. The van der Waals surface area contributed by atoms with Crippen LogP contribution < -0.4 is 0 Å². The number of methoxy groups -OCH3 is 1. The first-order valence-electron chi connectivity index (χ1n) is 6.99. The van der Waals surface area contributed by atoms with E-state index in [1.54, 1.807) is 12.0 Å². The molecule has 116 valence electrons. The highest BCUT2D eigenvalue weighted by atomic mass is 19.1. The van der Waals surface area contributed by atoms with Crippen molar-refractivity contribution in [3.05, 3.63) is 59.4 Å². The third-order valence-corrected chi connectivity index (χ3v) is 3.83. The Balaban J connectivity index is 1.91. The van der Waals surface area contributed by atoms with E-state index < -0.39 is 17.5 Å². The minimum absolute atomic E-state index is 0.00681. The van der Waals surface area contributed by atoms with E-state index in [1.165, 1.54) is 0 Å².